The lowest BCUT2D eigenvalue weighted by Gasteiger charge is -2.34. The van der Waals surface area contributed by atoms with Crippen molar-refractivity contribution in [3.8, 4) is 5.75 Å². The third-order valence-electron chi connectivity index (χ3n) is 8.13. The van der Waals surface area contributed by atoms with Gasteiger partial charge in [0.1, 0.15) is 17.6 Å². The van der Waals surface area contributed by atoms with Gasteiger partial charge in [-0.15, -0.1) is 0 Å². The number of hydrogen-bond donors (Lipinski definition) is 1. The number of benzene rings is 2. The number of hydrogen-bond acceptors (Lipinski definition) is 7. The Balaban J connectivity index is 1.32. The quantitative estimate of drug-likeness (QED) is 0.116. The number of sulfonamides is 1. The Bertz CT molecular complexity index is 1630. The van der Waals surface area contributed by atoms with Crippen molar-refractivity contribution in [3.63, 3.8) is 0 Å². The molecule has 2 fully saturated rings. The third kappa shape index (κ3) is 7.14. The minimum atomic E-state index is -3.71. The van der Waals surface area contributed by atoms with E-state index in [-0.39, 0.29) is 34.5 Å². The topological polar surface area (TPSA) is 146 Å². The number of nitrogens with zero attached hydrogens (tertiary/aromatic N) is 5. The third-order valence-corrected chi connectivity index (χ3v) is 10.3. The van der Waals surface area contributed by atoms with Crippen molar-refractivity contribution >= 4 is 33.2 Å². The summed E-state index contributed by atoms with van der Waals surface area (Å²) in [5, 5.41) is 7.19. The standard InChI is InChI=1S/C30H32ClFN6O5S/c1-42-23-7-9-24(10-8-23)44(40,41)38-18-22(38)6-11-25-26(32)16-34-17-27(25)35-30(39)29(36-37-33)28(20-12-14-43-15-13-20)19-2-4-21(31)5-3-19/h2-5,7-10,16-17,20,22,28-29H,6,11-15,18H2,1H3,(H,35,39)/t22-,28-,29-,38?/m0/s1. The largest absolute Gasteiger partial charge is 0.497 e. The van der Waals surface area contributed by atoms with Crippen LogP contribution in [0.3, 0.4) is 0 Å². The molecule has 2 aromatic carbocycles. The number of nitrogens with one attached hydrogen (secondary N) is 1. The van der Waals surface area contributed by atoms with Crippen LogP contribution in [0, 0.1) is 11.7 Å². The fourth-order valence-corrected chi connectivity index (χ4v) is 7.47. The fraction of sp³-hybridized carbons (Fsp3) is 0.400. The molecule has 1 unspecified atom stereocenters. The van der Waals surface area contributed by atoms with Gasteiger partial charge in [-0.3, -0.25) is 9.78 Å². The average molecular weight is 643 g/mol. The summed E-state index contributed by atoms with van der Waals surface area (Å²) in [6.07, 6.45) is 4.20. The van der Waals surface area contributed by atoms with Crippen LogP contribution in [0.15, 0.2) is 70.9 Å². The van der Waals surface area contributed by atoms with Crippen LogP contribution >= 0.6 is 11.6 Å². The minimum absolute atomic E-state index is 0.00946. The van der Waals surface area contributed by atoms with E-state index in [1.54, 1.807) is 24.3 Å². The predicted octanol–water partition coefficient (Wildman–Crippen LogP) is 5.72. The fourth-order valence-electron chi connectivity index (χ4n) is 5.73. The Morgan fingerprint density at radius 1 is 1.20 bits per heavy atom. The number of amides is 1. The van der Waals surface area contributed by atoms with E-state index in [1.807, 2.05) is 12.1 Å². The SMILES string of the molecule is COc1ccc(S(=O)(=O)N2C[C@@H]2CCc2c(F)cncc2NC(=O)[C@@H](N=[N+]=[N-])[C@@H](c2ccc(Cl)cc2)C2CCOCC2)cc1. The molecule has 232 valence electrons. The molecule has 0 radical (unpaired) electrons. The molecule has 2 aliphatic rings. The molecule has 0 bridgehead atoms. The van der Waals surface area contributed by atoms with Crippen LogP contribution < -0.4 is 10.1 Å². The summed E-state index contributed by atoms with van der Waals surface area (Å²) in [5.41, 5.74) is 10.6. The number of aromatic nitrogens is 1. The predicted molar refractivity (Wildman–Crippen MR) is 162 cm³/mol. The van der Waals surface area contributed by atoms with Gasteiger partial charge in [0.2, 0.25) is 15.9 Å². The molecule has 0 saturated carbocycles. The molecular formula is C30H32ClFN6O5S. The number of anilines is 1. The van der Waals surface area contributed by atoms with Crippen LogP contribution in [0.4, 0.5) is 10.1 Å². The van der Waals surface area contributed by atoms with Gasteiger partial charge in [0.25, 0.3) is 0 Å². The summed E-state index contributed by atoms with van der Waals surface area (Å²) in [6.45, 7) is 1.34. The lowest BCUT2D eigenvalue weighted by molar-refractivity contribution is -0.118. The smallest absolute Gasteiger partial charge is 0.243 e. The maximum atomic E-state index is 15.1. The van der Waals surface area contributed by atoms with E-state index in [0.29, 0.717) is 49.8 Å². The zero-order valence-electron chi connectivity index (χ0n) is 24.0. The van der Waals surface area contributed by atoms with Gasteiger partial charge < -0.3 is 14.8 Å². The normalized spacial score (nSPS) is 19.8. The van der Waals surface area contributed by atoms with Crippen molar-refractivity contribution in [2.45, 2.75) is 48.6 Å². The number of ether oxygens (including phenoxy) is 2. The first-order valence-electron chi connectivity index (χ1n) is 14.2. The van der Waals surface area contributed by atoms with Gasteiger partial charge >= 0.3 is 0 Å². The maximum Gasteiger partial charge on any atom is 0.243 e. The minimum Gasteiger partial charge on any atom is -0.497 e. The van der Waals surface area contributed by atoms with E-state index in [0.717, 1.165) is 11.8 Å². The number of carbonyl (C=O) groups is 1. The second-order valence-corrected chi connectivity index (χ2v) is 13.1. The highest BCUT2D eigenvalue weighted by Crippen LogP contribution is 2.38. The van der Waals surface area contributed by atoms with Crippen molar-refractivity contribution in [2.75, 3.05) is 32.2 Å². The summed E-state index contributed by atoms with van der Waals surface area (Å²) >= 11 is 6.11. The first-order valence-corrected chi connectivity index (χ1v) is 16.0. The maximum absolute atomic E-state index is 15.1. The second-order valence-electron chi connectivity index (χ2n) is 10.8. The highest BCUT2D eigenvalue weighted by molar-refractivity contribution is 7.89. The van der Waals surface area contributed by atoms with E-state index >= 15 is 4.39 Å². The molecule has 0 aliphatic carbocycles. The number of rotatable bonds is 12. The summed E-state index contributed by atoms with van der Waals surface area (Å²) in [7, 11) is -2.21. The molecule has 1 aromatic heterocycles. The number of azide groups is 1. The molecule has 44 heavy (non-hydrogen) atoms. The van der Waals surface area contributed by atoms with Crippen molar-refractivity contribution in [1.82, 2.24) is 9.29 Å². The van der Waals surface area contributed by atoms with E-state index < -0.39 is 33.7 Å². The van der Waals surface area contributed by atoms with Gasteiger partial charge in [0.15, 0.2) is 0 Å². The molecule has 14 heteroatoms. The molecule has 3 heterocycles. The van der Waals surface area contributed by atoms with E-state index in [4.69, 9.17) is 21.1 Å². The highest BCUT2D eigenvalue weighted by atomic mass is 35.5. The van der Waals surface area contributed by atoms with Gasteiger partial charge in [0, 0.05) is 47.2 Å². The van der Waals surface area contributed by atoms with Crippen LogP contribution in [-0.4, -0.2) is 62.6 Å². The average Bonchev–Trinajstić information content (AvgIpc) is 3.83. The van der Waals surface area contributed by atoms with Gasteiger partial charge in [-0.2, -0.15) is 4.31 Å². The Labute approximate surface area is 260 Å². The molecule has 11 nitrogen and oxygen atoms in total. The van der Waals surface area contributed by atoms with Gasteiger partial charge in [0.05, 0.1) is 30.1 Å². The van der Waals surface area contributed by atoms with E-state index in [9.17, 15) is 18.7 Å². The summed E-state index contributed by atoms with van der Waals surface area (Å²) in [6, 6.07) is 11.7. The summed E-state index contributed by atoms with van der Waals surface area (Å²) in [5.74, 6) is -1.17. The summed E-state index contributed by atoms with van der Waals surface area (Å²) < 4.78 is 53.2. The lowest BCUT2D eigenvalue weighted by atomic mass is 9.76. The molecule has 1 amide bonds. The molecule has 0 spiro atoms. The second kappa shape index (κ2) is 13.9. The van der Waals surface area contributed by atoms with E-state index in [2.05, 4.69) is 20.3 Å². The Morgan fingerprint density at radius 3 is 2.57 bits per heavy atom. The molecule has 1 N–H and O–H groups in total. The molecule has 2 aliphatic heterocycles. The van der Waals surface area contributed by atoms with Gasteiger partial charge in [-0.05, 0) is 79.1 Å². The van der Waals surface area contributed by atoms with Crippen molar-refractivity contribution in [3.05, 3.63) is 93.3 Å². The molecule has 2 saturated heterocycles. The van der Waals surface area contributed by atoms with Crippen LogP contribution in [0.25, 0.3) is 10.4 Å². The zero-order valence-corrected chi connectivity index (χ0v) is 25.5. The van der Waals surface area contributed by atoms with Crippen LogP contribution in [0.2, 0.25) is 5.02 Å². The van der Waals surface area contributed by atoms with Gasteiger partial charge in [-0.25, -0.2) is 12.8 Å². The molecule has 5 rings (SSSR count). The van der Waals surface area contributed by atoms with Crippen LogP contribution in [0.1, 0.15) is 36.3 Å². The molecular weight excluding hydrogens is 611 g/mol. The highest BCUT2D eigenvalue weighted by Gasteiger charge is 2.44. The molecule has 3 aromatic rings. The number of carbonyl (C=O) groups excluding carboxylic acids is 1. The lowest BCUT2D eigenvalue weighted by Crippen LogP contribution is -2.37. The Morgan fingerprint density at radius 2 is 1.91 bits per heavy atom. The van der Waals surface area contributed by atoms with Crippen LogP contribution in [-0.2, 0) is 26.0 Å². The Kier molecular flexibility index (Phi) is 10.0. The van der Waals surface area contributed by atoms with E-state index in [1.165, 1.54) is 29.7 Å². The van der Waals surface area contributed by atoms with Crippen molar-refractivity contribution in [2.24, 2.45) is 11.0 Å². The first kappa shape index (κ1) is 31.7. The number of halogens is 2. The Hall–Kier alpha value is -3.74. The number of methoxy groups -OCH3 is 1. The van der Waals surface area contributed by atoms with Crippen molar-refractivity contribution in [1.29, 1.82) is 0 Å². The summed E-state index contributed by atoms with van der Waals surface area (Å²) in [4.78, 5) is 20.8. The van der Waals surface area contributed by atoms with Crippen molar-refractivity contribution < 1.29 is 27.1 Å². The zero-order chi connectivity index (χ0) is 31.3. The molecule has 4 atom stereocenters. The van der Waals surface area contributed by atoms with Gasteiger partial charge in [-0.1, -0.05) is 28.8 Å². The number of pyridine rings is 1. The first-order chi connectivity index (χ1) is 21.2. The monoisotopic (exact) mass is 642 g/mol. The van der Waals surface area contributed by atoms with Crippen LogP contribution in [0.5, 0.6) is 5.75 Å².